The van der Waals surface area contributed by atoms with E-state index in [-0.39, 0.29) is 6.10 Å². The molecule has 2 aromatic rings. The first-order valence-electron chi connectivity index (χ1n) is 12.9. The molecule has 1 saturated heterocycles. The number of anilines is 3. The smallest absolute Gasteiger partial charge is 0.229 e. The second-order valence-electron chi connectivity index (χ2n) is 10.3. The molecule has 3 fully saturated rings. The normalized spacial score (nSPS) is 24.9. The number of hydrogen-bond donors (Lipinski definition) is 3. The number of piperidine rings is 1. The number of aryl methyl sites for hydroxylation is 1. The van der Waals surface area contributed by atoms with E-state index < -0.39 is 0 Å². The van der Waals surface area contributed by atoms with Crippen LogP contribution in [0.3, 0.4) is 0 Å². The van der Waals surface area contributed by atoms with Gasteiger partial charge in [0.1, 0.15) is 5.82 Å². The minimum absolute atomic E-state index is 0.153. The molecule has 0 spiro atoms. The summed E-state index contributed by atoms with van der Waals surface area (Å²) in [4.78, 5) is 16.6. The zero-order valence-corrected chi connectivity index (χ0v) is 19.8. The van der Waals surface area contributed by atoms with Crippen LogP contribution in [0.25, 0.3) is 0 Å². The molecule has 0 bridgehead atoms. The third kappa shape index (κ3) is 5.82. The quantitative estimate of drug-likeness (QED) is 0.567. The minimum Gasteiger partial charge on any atom is -0.393 e. The summed E-state index contributed by atoms with van der Waals surface area (Å²) < 4.78 is 0. The van der Waals surface area contributed by atoms with E-state index in [0.717, 1.165) is 48.8 Å². The summed E-state index contributed by atoms with van der Waals surface area (Å²) in [6.45, 7) is 5.61. The highest BCUT2D eigenvalue weighted by atomic mass is 16.3. The summed E-state index contributed by atoms with van der Waals surface area (Å²) in [5, 5.41) is 17.0. The fourth-order valence-corrected chi connectivity index (χ4v) is 5.50. The number of aliphatic hydroxyl groups is 1. The van der Waals surface area contributed by atoms with Gasteiger partial charge in [-0.3, -0.25) is 4.98 Å². The number of hydrogen-bond acceptors (Lipinski definition) is 7. The number of pyridine rings is 1. The van der Waals surface area contributed by atoms with E-state index in [1.807, 2.05) is 25.3 Å². The standard InChI is InChI=1S/C26H38N6O/c1-18-15-22(9-12-27-18)30-26-28-16-24(25(31-26)29-21-5-7-23(33)8-6-21)20-10-13-32(14-11-20)17-19-3-2-4-19/h9,12,15-16,19-21,23,33H,2-8,10-11,13-14,17H2,1H3,(H2,27,28,29,30,31). The Morgan fingerprint density at radius 3 is 2.52 bits per heavy atom. The van der Waals surface area contributed by atoms with Gasteiger partial charge in [-0.15, -0.1) is 0 Å². The molecule has 3 aliphatic rings. The van der Waals surface area contributed by atoms with Gasteiger partial charge in [-0.25, -0.2) is 4.98 Å². The Morgan fingerprint density at radius 2 is 1.82 bits per heavy atom. The van der Waals surface area contributed by atoms with E-state index in [0.29, 0.717) is 17.9 Å². The molecular formula is C26H38N6O. The van der Waals surface area contributed by atoms with Crippen LogP contribution in [0.4, 0.5) is 17.5 Å². The van der Waals surface area contributed by atoms with Crippen molar-refractivity contribution in [2.45, 2.75) is 82.8 Å². The second-order valence-corrected chi connectivity index (χ2v) is 10.3. The van der Waals surface area contributed by atoms with Crippen molar-refractivity contribution in [3.8, 4) is 0 Å². The van der Waals surface area contributed by atoms with Crippen molar-refractivity contribution in [3.63, 3.8) is 0 Å². The predicted octanol–water partition coefficient (Wildman–Crippen LogP) is 4.62. The van der Waals surface area contributed by atoms with E-state index >= 15 is 0 Å². The van der Waals surface area contributed by atoms with Crippen LogP contribution < -0.4 is 10.6 Å². The molecule has 2 aromatic heterocycles. The third-order valence-corrected chi connectivity index (χ3v) is 7.78. The topological polar surface area (TPSA) is 86.2 Å². The predicted molar refractivity (Wildman–Crippen MR) is 132 cm³/mol. The molecule has 5 rings (SSSR count). The van der Waals surface area contributed by atoms with Gasteiger partial charge in [0.15, 0.2) is 0 Å². The average Bonchev–Trinajstić information content (AvgIpc) is 2.79. The number of nitrogens with one attached hydrogen (secondary N) is 2. The van der Waals surface area contributed by atoms with Crippen molar-refractivity contribution in [3.05, 3.63) is 35.8 Å². The highest BCUT2D eigenvalue weighted by Crippen LogP contribution is 2.35. The van der Waals surface area contributed by atoms with Crippen LogP contribution in [-0.4, -0.2) is 56.7 Å². The van der Waals surface area contributed by atoms with Gasteiger partial charge in [-0.1, -0.05) is 6.42 Å². The zero-order chi connectivity index (χ0) is 22.6. The van der Waals surface area contributed by atoms with Gasteiger partial charge in [0.25, 0.3) is 0 Å². The maximum absolute atomic E-state index is 9.92. The number of rotatable bonds is 7. The van der Waals surface area contributed by atoms with Crippen LogP contribution in [0, 0.1) is 12.8 Å². The first kappa shape index (κ1) is 22.5. The average molecular weight is 451 g/mol. The summed E-state index contributed by atoms with van der Waals surface area (Å²) in [7, 11) is 0. The molecule has 0 atom stereocenters. The molecule has 2 saturated carbocycles. The van der Waals surface area contributed by atoms with Gasteiger partial charge in [0, 0.05) is 41.9 Å². The van der Waals surface area contributed by atoms with E-state index in [9.17, 15) is 5.11 Å². The number of aromatic nitrogens is 3. The number of likely N-dealkylation sites (tertiary alicyclic amines) is 1. The lowest BCUT2D eigenvalue weighted by Gasteiger charge is -2.37. The Kier molecular flexibility index (Phi) is 7.07. The molecule has 0 aromatic carbocycles. The molecule has 3 N–H and O–H groups in total. The van der Waals surface area contributed by atoms with Gasteiger partial charge in [0.05, 0.1) is 6.10 Å². The Balaban J connectivity index is 1.30. The van der Waals surface area contributed by atoms with Crippen LogP contribution in [0.1, 0.15) is 75.0 Å². The molecule has 0 unspecified atom stereocenters. The summed E-state index contributed by atoms with van der Waals surface area (Å²) in [5.74, 6) is 3.02. The lowest BCUT2D eigenvalue weighted by Crippen LogP contribution is -2.38. The maximum Gasteiger partial charge on any atom is 0.229 e. The molecule has 7 heteroatoms. The number of aliphatic hydroxyl groups excluding tert-OH is 1. The molecular weight excluding hydrogens is 412 g/mol. The van der Waals surface area contributed by atoms with Gasteiger partial charge in [-0.2, -0.15) is 4.98 Å². The third-order valence-electron chi connectivity index (χ3n) is 7.78. The van der Waals surface area contributed by atoms with Crippen molar-refractivity contribution in [2.24, 2.45) is 5.92 Å². The van der Waals surface area contributed by atoms with Crippen LogP contribution in [0.5, 0.6) is 0 Å². The molecule has 0 amide bonds. The Hall–Kier alpha value is -2.25. The van der Waals surface area contributed by atoms with Crippen LogP contribution >= 0.6 is 0 Å². The van der Waals surface area contributed by atoms with E-state index in [1.54, 1.807) is 6.20 Å². The van der Waals surface area contributed by atoms with Crippen molar-refractivity contribution in [1.82, 2.24) is 19.9 Å². The Morgan fingerprint density at radius 1 is 1.03 bits per heavy atom. The molecule has 33 heavy (non-hydrogen) atoms. The van der Waals surface area contributed by atoms with Crippen molar-refractivity contribution in [1.29, 1.82) is 0 Å². The highest BCUT2D eigenvalue weighted by molar-refractivity contribution is 5.57. The summed E-state index contributed by atoms with van der Waals surface area (Å²) >= 11 is 0. The molecule has 1 aliphatic heterocycles. The minimum atomic E-state index is -0.153. The Labute approximate surface area is 197 Å². The molecule has 7 nitrogen and oxygen atoms in total. The molecule has 0 radical (unpaired) electrons. The first-order chi connectivity index (χ1) is 16.1. The summed E-state index contributed by atoms with van der Waals surface area (Å²) in [6.07, 6.45) is 14.0. The van der Waals surface area contributed by atoms with Crippen molar-refractivity contribution < 1.29 is 5.11 Å². The van der Waals surface area contributed by atoms with Crippen LogP contribution in [-0.2, 0) is 0 Å². The second kappa shape index (κ2) is 10.3. The molecule has 2 aliphatic carbocycles. The summed E-state index contributed by atoms with van der Waals surface area (Å²) in [5.41, 5.74) is 3.16. The Bertz CT molecular complexity index is 917. The largest absolute Gasteiger partial charge is 0.393 e. The van der Waals surface area contributed by atoms with E-state index in [4.69, 9.17) is 9.97 Å². The summed E-state index contributed by atoms with van der Waals surface area (Å²) in [6, 6.07) is 4.31. The zero-order valence-electron chi connectivity index (χ0n) is 19.8. The lowest BCUT2D eigenvalue weighted by molar-refractivity contribution is 0.126. The number of nitrogens with zero attached hydrogens (tertiary/aromatic N) is 4. The van der Waals surface area contributed by atoms with Gasteiger partial charge in [0.2, 0.25) is 5.95 Å². The van der Waals surface area contributed by atoms with E-state index in [2.05, 4.69) is 20.5 Å². The van der Waals surface area contributed by atoms with E-state index in [1.165, 1.54) is 57.3 Å². The van der Waals surface area contributed by atoms with Crippen LogP contribution in [0.15, 0.2) is 24.5 Å². The molecule has 178 valence electrons. The highest BCUT2D eigenvalue weighted by Gasteiger charge is 2.28. The lowest BCUT2D eigenvalue weighted by atomic mass is 9.84. The van der Waals surface area contributed by atoms with Gasteiger partial charge in [-0.05, 0) is 95.3 Å². The fraction of sp³-hybridized carbons (Fsp3) is 0.654. The SMILES string of the molecule is Cc1cc(Nc2ncc(C3CCN(CC4CCC4)CC3)c(NC3CCC(O)CC3)n2)ccn1. The molecule has 3 heterocycles. The van der Waals surface area contributed by atoms with Crippen molar-refractivity contribution >= 4 is 17.5 Å². The van der Waals surface area contributed by atoms with Crippen LogP contribution in [0.2, 0.25) is 0 Å². The fourth-order valence-electron chi connectivity index (χ4n) is 5.50. The maximum atomic E-state index is 9.92. The van der Waals surface area contributed by atoms with Gasteiger partial charge >= 0.3 is 0 Å². The monoisotopic (exact) mass is 450 g/mol. The first-order valence-corrected chi connectivity index (χ1v) is 12.9. The van der Waals surface area contributed by atoms with Gasteiger partial charge < -0.3 is 20.6 Å². The van der Waals surface area contributed by atoms with Crippen molar-refractivity contribution in [2.75, 3.05) is 30.3 Å².